The monoisotopic (exact) mass is 200 g/mol. The highest BCUT2D eigenvalue weighted by molar-refractivity contribution is 5.32. The van der Waals surface area contributed by atoms with Gasteiger partial charge in [-0.3, -0.25) is 0 Å². The molecule has 0 saturated heterocycles. The molecular weight excluding hydrogens is 186 g/mol. The summed E-state index contributed by atoms with van der Waals surface area (Å²) in [5.41, 5.74) is 1.59. The van der Waals surface area contributed by atoms with Crippen LogP contribution in [0, 0.1) is 12.7 Å². The van der Waals surface area contributed by atoms with E-state index in [1.54, 1.807) is 13.0 Å². The molecule has 0 unspecified atom stereocenters. The van der Waals surface area contributed by atoms with Crippen molar-refractivity contribution in [2.75, 3.05) is 6.61 Å². The van der Waals surface area contributed by atoms with Gasteiger partial charge < -0.3 is 5.11 Å². The van der Waals surface area contributed by atoms with Crippen LogP contribution in [0.25, 0.3) is 0 Å². The first-order chi connectivity index (χ1) is 6.69. The zero-order valence-electron chi connectivity index (χ0n) is 8.19. The van der Waals surface area contributed by atoms with Crippen LogP contribution in [0.1, 0.15) is 23.1 Å². The number of hydrogen-bond acceptors (Lipinski definition) is 1. The molecule has 0 bridgehead atoms. The van der Waals surface area contributed by atoms with E-state index in [0.29, 0.717) is 18.4 Å². The maximum absolute atomic E-state index is 13.2. The molecule has 0 saturated carbocycles. The molecule has 0 radical (unpaired) electrons. The van der Waals surface area contributed by atoms with Gasteiger partial charge in [-0.05, 0) is 37.0 Å². The van der Waals surface area contributed by atoms with Gasteiger partial charge in [0.15, 0.2) is 0 Å². The lowest BCUT2D eigenvalue weighted by Gasteiger charge is -2.06. The van der Waals surface area contributed by atoms with Crippen molar-refractivity contribution in [3.63, 3.8) is 0 Å². The lowest BCUT2D eigenvalue weighted by molar-refractivity contribution is 0.288. The van der Waals surface area contributed by atoms with Crippen LogP contribution in [0.2, 0.25) is 0 Å². The van der Waals surface area contributed by atoms with E-state index in [0.717, 1.165) is 5.56 Å². The highest BCUT2D eigenvalue weighted by Gasteiger charge is 2.07. The Bertz CT molecular complexity index is 287. The molecule has 0 atom stereocenters. The van der Waals surface area contributed by atoms with Gasteiger partial charge in [0.05, 0.1) is 0 Å². The number of aliphatic hydroxyl groups excluding tert-OH is 1. The van der Waals surface area contributed by atoms with E-state index >= 15 is 0 Å². The van der Waals surface area contributed by atoms with E-state index < -0.39 is 12.5 Å². The zero-order valence-corrected chi connectivity index (χ0v) is 8.19. The second-order valence-corrected chi connectivity index (χ2v) is 3.33. The molecular formula is C11H14F2O. The van der Waals surface area contributed by atoms with Crippen molar-refractivity contribution in [1.29, 1.82) is 0 Å². The summed E-state index contributed by atoms with van der Waals surface area (Å²) in [6.07, 6.45) is 1.23. The molecule has 0 aliphatic rings. The fourth-order valence-electron chi connectivity index (χ4n) is 1.44. The normalized spacial score (nSPS) is 10.6. The van der Waals surface area contributed by atoms with E-state index in [1.807, 2.05) is 0 Å². The lowest BCUT2D eigenvalue weighted by Crippen LogP contribution is -1.97. The Morgan fingerprint density at radius 2 is 2.07 bits per heavy atom. The minimum atomic E-state index is -0.766. The van der Waals surface area contributed by atoms with Gasteiger partial charge in [-0.15, -0.1) is 0 Å². The van der Waals surface area contributed by atoms with Crippen molar-refractivity contribution in [3.05, 3.63) is 34.6 Å². The smallest absolute Gasteiger partial charge is 0.129 e. The fraction of sp³-hybridized carbons (Fsp3) is 0.455. The molecule has 0 amide bonds. The summed E-state index contributed by atoms with van der Waals surface area (Å²) in [5, 5.41) is 8.61. The predicted octanol–water partition coefficient (Wildman–Crippen LogP) is 2.53. The number of halogens is 2. The van der Waals surface area contributed by atoms with Crippen LogP contribution < -0.4 is 0 Å². The van der Waals surface area contributed by atoms with E-state index in [2.05, 4.69) is 0 Å². The summed E-state index contributed by atoms with van der Waals surface area (Å²) < 4.78 is 25.6. The number of rotatable bonds is 4. The highest BCUT2D eigenvalue weighted by Crippen LogP contribution is 2.18. The molecule has 3 heteroatoms. The first-order valence-electron chi connectivity index (χ1n) is 4.63. The number of alkyl halides is 1. The molecule has 1 aromatic rings. The van der Waals surface area contributed by atoms with Gasteiger partial charge in [-0.1, -0.05) is 6.07 Å². The van der Waals surface area contributed by atoms with Gasteiger partial charge in [-0.25, -0.2) is 8.78 Å². The number of aryl methyl sites for hydroxylation is 2. The molecule has 0 aliphatic carbocycles. The van der Waals surface area contributed by atoms with Crippen LogP contribution in [0.15, 0.2) is 12.1 Å². The summed E-state index contributed by atoms with van der Waals surface area (Å²) in [7, 11) is 0. The summed E-state index contributed by atoms with van der Waals surface area (Å²) in [6, 6.07) is 3.12. The summed E-state index contributed by atoms with van der Waals surface area (Å²) in [5.74, 6) is -0.486. The molecule has 0 spiro atoms. The minimum absolute atomic E-state index is 0.0888. The molecule has 0 aliphatic heterocycles. The van der Waals surface area contributed by atoms with Crippen molar-refractivity contribution in [3.8, 4) is 0 Å². The van der Waals surface area contributed by atoms with Gasteiger partial charge >= 0.3 is 0 Å². The Labute approximate surface area is 82.4 Å². The second kappa shape index (κ2) is 5.05. The van der Waals surface area contributed by atoms with Crippen LogP contribution in [0.5, 0.6) is 0 Å². The summed E-state index contributed by atoms with van der Waals surface area (Å²) in [6.45, 7) is 1.02. The predicted molar refractivity (Wildman–Crippen MR) is 51.4 cm³/mol. The van der Waals surface area contributed by atoms with Gasteiger partial charge in [-0.2, -0.15) is 0 Å². The van der Waals surface area contributed by atoms with Crippen LogP contribution in [0.4, 0.5) is 8.78 Å². The third-order valence-electron chi connectivity index (χ3n) is 2.24. The topological polar surface area (TPSA) is 20.2 Å². The molecule has 0 aromatic heterocycles. The van der Waals surface area contributed by atoms with Gasteiger partial charge in [0.1, 0.15) is 12.5 Å². The van der Waals surface area contributed by atoms with Crippen LogP contribution in [-0.4, -0.2) is 11.7 Å². The lowest BCUT2D eigenvalue weighted by atomic mass is 10.0. The number of benzene rings is 1. The van der Waals surface area contributed by atoms with E-state index in [4.69, 9.17) is 5.11 Å². The summed E-state index contributed by atoms with van der Waals surface area (Å²) >= 11 is 0. The van der Waals surface area contributed by atoms with Gasteiger partial charge in [0, 0.05) is 12.2 Å². The average molecular weight is 200 g/mol. The first kappa shape index (κ1) is 11.1. The van der Waals surface area contributed by atoms with Crippen molar-refractivity contribution in [2.24, 2.45) is 0 Å². The Morgan fingerprint density at radius 1 is 1.36 bits per heavy atom. The molecule has 0 fully saturated rings. The van der Waals surface area contributed by atoms with Crippen molar-refractivity contribution >= 4 is 0 Å². The second-order valence-electron chi connectivity index (χ2n) is 3.33. The molecule has 1 nitrogen and oxygen atoms in total. The largest absolute Gasteiger partial charge is 0.396 e. The van der Waals surface area contributed by atoms with Crippen LogP contribution in [0.3, 0.4) is 0 Å². The van der Waals surface area contributed by atoms with Crippen molar-refractivity contribution in [2.45, 2.75) is 26.4 Å². The zero-order chi connectivity index (χ0) is 10.6. The Kier molecular flexibility index (Phi) is 4.01. The minimum Gasteiger partial charge on any atom is -0.396 e. The van der Waals surface area contributed by atoms with Gasteiger partial charge in [0.2, 0.25) is 0 Å². The molecule has 78 valence electrons. The standard InChI is InChI=1S/C11H14F2O/c1-8-5-9(3-2-4-14)6-11(13)10(8)7-12/h5-6,14H,2-4,7H2,1H3. The van der Waals surface area contributed by atoms with E-state index in [1.165, 1.54) is 6.07 Å². The van der Waals surface area contributed by atoms with Crippen LogP contribution in [-0.2, 0) is 13.1 Å². The Balaban J connectivity index is 2.90. The molecule has 1 aromatic carbocycles. The quantitative estimate of drug-likeness (QED) is 0.791. The number of hydrogen-bond donors (Lipinski definition) is 1. The van der Waals surface area contributed by atoms with Gasteiger partial charge in [0.25, 0.3) is 0 Å². The maximum atomic E-state index is 13.2. The fourth-order valence-corrected chi connectivity index (χ4v) is 1.44. The molecule has 1 rings (SSSR count). The van der Waals surface area contributed by atoms with E-state index in [9.17, 15) is 8.78 Å². The van der Waals surface area contributed by atoms with Crippen molar-refractivity contribution in [1.82, 2.24) is 0 Å². The SMILES string of the molecule is Cc1cc(CCCO)cc(F)c1CF. The first-order valence-corrected chi connectivity index (χ1v) is 4.63. The third-order valence-corrected chi connectivity index (χ3v) is 2.24. The Hall–Kier alpha value is -0.960. The average Bonchev–Trinajstić information content (AvgIpc) is 2.14. The van der Waals surface area contributed by atoms with Crippen molar-refractivity contribution < 1.29 is 13.9 Å². The molecule has 14 heavy (non-hydrogen) atoms. The van der Waals surface area contributed by atoms with Crippen LogP contribution >= 0.6 is 0 Å². The third kappa shape index (κ3) is 2.51. The highest BCUT2D eigenvalue weighted by atomic mass is 19.1. The molecule has 0 heterocycles. The number of aliphatic hydroxyl groups is 1. The summed E-state index contributed by atoms with van der Waals surface area (Å²) in [4.78, 5) is 0. The maximum Gasteiger partial charge on any atom is 0.129 e. The molecule has 1 N–H and O–H groups in total. The Morgan fingerprint density at radius 3 is 2.57 bits per heavy atom. The van der Waals surface area contributed by atoms with E-state index in [-0.39, 0.29) is 12.2 Å².